The molecule has 2 aromatic carbocycles. The molecule has 0 aliphatic carbocycles. The summed E-state index contributed by atoms with van der Waals surface area (Å²) < 4.78 is 7.29. The van der Waals surface area contributed by atoms with E-state index in [0.29, 0.717) is 18.9 Å². The zero-order valence-corrected chi connectivity index (χ0v) is 21.0. The third kappa shape index (κ3) is 4.45. The quantitative estimate of drug-likeness (QED) is 0.437. The van der Waals surface area contributed by atoms with Crippen LogP contribution in [0.5, 0.6) is 0 Å². The lowest BCUT2D eigenvalue weighted by molar-refractivity contribution is 0.0695. The van der Waals surface area contributed by atoms with Crippen LogP contribution < -0.4 is 20.1 Å². The van der Waals surface area contributed by atoms with Gasteiger partial charge in [0.2, 0.25) is 5.43 Å². The molecule has 0 bridgehead atoms. The number of benzene rings is 2. The van der Waals surface area contributed by atoms with Gasteiger partial charge in [0, 0.05) is 51.2 Å². The Bertz CT molecular complexity index is 1520. The monoisotopic (exact) mass is 511 g/mol. The summed E-state index contributed by atoms with van der Waals surface area (Å²) in [6.45, 7) is 5.98. The van der Waals surface area contributed by atoms with Crippen LogP contribution in [0, 0.1) is 0 Å². The average molecular weight is 512 g/mol. The summed E-state index contributed by atoms with van der Waals surface area (Å²) in [6.07, 6.45) is 1.41. The molecular weight excluding hydrogens is 482 g/mol. The van der Waals surface area contributed by atoms with Crippen LogP contribution in [0.4, 0.5) is 17.2 Å². The van der Waals surface area contributed by atoms with Gasteiger partial charge in [-0.15, -0.1) is 0 Å². The molecule has 0 unspecified atom stereocenters. The lowest BCUT2D eigenvalue weighted by Gasteiger charge is -2.36. The number of nitrogens with zero attached hydrogens (tertiary/aromatic N) is 5. The molecule has 0 atom stereocenters. The van der Waals surface area contributed by atoms with E-state index in [4.69, 9.17) is 9.72 Å². The standard InChI is InChI=1S/C29H29N5O4/c35-27-22-10-11-26(33-14-12-31(13-15-33)21-6-2-1-3-7-21)30-28(22)34(20-23(27)29(36)37)25-9-5-4-8-24(25)32-16-18-38-19-17-32/h1-11,20H,12-19H2,(H,36,37). The summed E-state index contributed by atoms with van der Waals surface area (Å²) >= 11 is 0. The fraction of sp³-hybridized carbons (Fsp3) is 0.276. The van der Waals surface area contributed by atoms with Gasteiger partial charge in [-0.1, -0.05) is 30.3 Å². The number of hydrogen-bond donors (Lipinski definition) is 1. The topological polar surface area (TPSA) is 91.1 Å². The number of carboxylic acid groups (broad SMARTS) is 1. The zero-order valence-electron chi connectivity index (χ0n) is 21.0. The van der Waals surface area contributed by atoms with Gasteiger partial charge in [-0.25, -0.2) is 9.78 Å². The molecule has 4 aromatic rings. The summed E-state index contributed by atoms with van der Waals surface area (Å²) in [5, 5.41) is 10.1. The van der Waals surface area contributed by atoms with Gasteiger partial charge in [-0.05, 0) is 36.4 Å². The Morgan fingerprint density at radius 2 is 1.42 bits per heavy atom. The minimum Gasteiger partial charge on any atom is -0.477 e. The Hall–Kier alpha value is -4.37. The molecule has 38 heavy (non-hydrogen) atoms. The van der Waals surface area contributed by atoms with Crippen molar-refractivity contribution in [2.24, 2.45) is 0 Å². The van der Waals surface area contributed by atoms with Gasteiger partial charge in [0.05, 0.1) is 30.0 Å². The number of aromatic carboxylic acids is 1. The van der Waals surface area contributed by atoms with E-state index < -0.39 is 11.4 Å². The highest BCUT2D eigenvalue weighted by Crippen LogP contribution is 2.29. The normalized spacial score (nSPS) is 16.2. The smallest absolute Gasteiger partial charge is 0.341 e. The third-order valence-electron chi connectivity index (χ3n) is 7.28. The van der Waals surface area contributed by atoms with Crippen LogP contribution >= 0.6 is 0 Å². The number of carboxylic acids is 1. The number of para-hydroxylation sites is 3. The van der Waals surface area contributed by atoms with E-state index in [2.05, 4.69) is 26.8 Å². The Balaban J connectivity index is 1.42. The SMILES string of the molecule is O=C(O)c1cn(-c2ccccc2N2CCOCC2)c2nc(N3CCN(c4ccccc4)CC3)ccc2c1=O. The van der Waals surface area contributed by atoms with Crippen molar-refractivity contribution >= 4 is 34.2 Å². The molecular formula is C29H29N5O4. The molecule has 0 spiro atoms. The molecule has 2 aliphatic heterocycles. The minimum absolute atomic E-state index is 0.277. The molecule has 4 heterocycles. The molecule has 2 aromatic heterocycles. The summed E-state index contributed by atoms with van der Waals surface area (Å²) in [5.74, 6) is -0.485. The highest BCUT2D eigenvalue weighted by molar-refractivity contribution is 5.93. The van der Waals surface area contributed by atoms with Crippen LogP contribution in [-0.2, 0) is 4.74 Å². The van der Waals surface area contributed by atoms with E-state index in [1.807, 2.05) is 48.5 Å². The lowest BCUT2D eigenvalue weighted by Crippen LogP contribution is -2.46. The van der Waals surface area contributed by atoms with E-state index in [9.17, 15) is 14.7 Å². The Kier molecular flexibility index (Phi) is 6.43. The van der Waals surface area contributed by atoms with E-state index in [-0.39, 0.29) is 10.9 Å². The fourth-order valence-electron chi connectivity index (χ4n) is 5.28. The van der Waals surface area contributed by atoms with Crippen molar-refractivity contribution in [1.82, 2.24) is 9.55 Å². The number of hydrogen-bond acceptors (Lipinski definition) is 7. The molecule has 6 rings (SSSR count). The zero-order chi connectivity index (χ0) is 26.1. The summed E-state index contributed by atoms with van der Waals surface area (Å²) in [6, 6.07) is 21.7. The van der Waals surface area contributed by atoms with Crippen LogP contribution in [0.1, 0.15) is 10.4 Å². The van der Waals surface area contributed by atoms with Crippen molar-refractivity contribution in [2.45, 2.75) is 0 Å². The molecule has 2 fully saturated rings. The number of anilines is 3. The van der Waals surface area contributed by atoms with Crippen molar-refractivity contribution in [3.05, 3.63) is 88.7 Å². The van der Waals surface area contributed by atoms with Gasteiger partial charge in [0.15, 0.2) is 5.65 Å². The second-order valence-electron chi connectivity index (χ2n) is 9.49. The van der Waals surface area contributed by atoms with Crippen LogP contribution in [0.25, 0.3) is 16.7 Å². The molecule has 0 amide bonds. The number of aromatic nitrogens is 2. The lowest BCUT2D eigenvalue weighted by atomic mass is 10.1. The Morgan fingerprint density at radius 1 is 0.763 bits per heavy atom. The van der Waals surface area contributed by atoms with Crippen molar-refractivity contribution in [2.75, 3.05) is 67.2 Å². The summed E-state index contributed by atoms with van der Waals surface area (Å²) in [5.41, 5.74) is 2.57. The maximum atomic E-state index is 13.1. The van der Waals surface area contributed by atoms with Gasteiger partial charge in [-0.3, -0.25) is 9.36 Å². The van der Waals surface area contributed by atoms with Crippen LogP contribution in [0.2, 0.25) is 0 Å². The molecule has 2 aliphatic rings. The van der Waals surface area contributed by atoms with Gasteiger partial charge in [0.25, 0.3) is 0 Å². The number of ether oxygens (including phenoxy) is 1. The second kappa shape index (κ2) is 10.2. The van der Waals surface area contributed by atoms with Gasteiger partial charge in [0.1, 0.15) is 11.4 Å². The molecule has 194 valence electrons. The molecule has 0 radical (unpaired) electrons. The third-order valence-corrected chi connectivity index (χ3v) is 7.28. The van der Waals surface area contributed by atoms with Gasteiger partial charge >= 0.3 is 5.97 Å². The van der Waals surface area contributed by atoms with E-state index in [0.717, 1.165) is 56.5 Å². The highest BCUT2D eigenvalue weighted by atomic mass is 16.5. The molecule has 2 saturated heterocycles. The number of morpholine rings is 1. The van der Waals surface area contributed by atoms with Crippen molar-refractivity contribution < 1.29 is 14.6 Å². The predicted molar refractivity (Wildman–Crippen MR) is 148 cm³/mol. The van der Waals surface area contributed by atoms with Crippen LogP contribution in [0.3, 0.4) is 0 Å². The van der Waals surface area contributed by atoms with Crippen molar-refractivity contribution in [3.63, 3.8) is 0 Å². The molecule has 9 nitrogen and oxygen atoms in total. The van der Waals surface area contributed by atoms with Crippen LogP contribution in [0.15, 0.2) is 77.7 Å². The number of pyridine rings is 2. The fourth-order valence-corrected chi connectivity index (χ4v) is 5.28. The van der Waals surface area contributed by atoms with E-state index >= 15 is 0 Å². The first-order valence-corrected chi connectivity index (χ1v) is 12.9. The van der Waals surface area contributed by atoms with Gasteiger partial charge < -0.3 is 24.5 Å². The first kappa shape index (κ1) is 24.0. The molecule has 9 heteroatoms. The highest BCUT2D eigenvalue weighted by Gasteiger charge is 2.23. The maximum Gasteiger partial charge on any atom is 0.341 e. The Labute approximate surface area is 220 Å². The number of rotatable bonds is 5. The van der Waals surface area contributed by atoms with Crippen molar-refractivity contribution in [3.8, 4) is 5.69 Å². The Morgan fingerprint density at radius 3 is 2.13 bits per heavy atom. The van der Waals surface area contributed by atoms with Crippen LogP contribution in [-0.4, -0.2) is 73.1 Å². The maximum absolute atomic E-state index is 13.1. The second-order valence-corrected chi connectivity index (χ2v) is 9.49. The number of carbonyl (C=O) groups is 1. The van der Waals surface area contributed by atoms with E-state index in [1.165, 1.54) is 11.9 Å². The van der Waals surface area contributed by atoms with E-state index in [1.54, 1.807) is 10.6 Å². The molecule has 0 saturated carbocycles. The largest absolute Gasteiger partial charge is 0.477 e. The van der Waals surface area contributed by atoms with Crippen molar-refractivity contribution in [1.29, 1.82) is 0 Å². The van der Waals surface area contributed by atoms with Gasteiger partial charge in [-0.2, -0.15) is 0 Å². The molecule has 1 N–H and O–H groups in total. The average Bonchev–Trinajstić information content (AvgIpc) is 2.98. The predicted octanol–water partition coefficient (Wildman–Crippen LogP) is 3.25. The summed E-state index contributed by atoms with van der Waals surface area (Å²) in [4.78, 5) is 36.9. The summed E-state index contributed by atoms with van der Waals surface area (Å²) in [7, 11) is 0. The number of fused-ring (bicyclic) bond motifs is 1. The minimum atomic E-state index is -1.25. The number of piperazine rings is 1. The first-order chi connectivity index (χ1) is 18.6. The first-order valence-electron chi connectivity index (χ1n) is 12.9.